The van der Waals surface area contributed by atoms with Crippen LogP contribution in [0.15, 0.2) is 0 Å². The lowest BCUT2D eigenvalue weighted by Gasteiger charge is -2.24. The molecule has 0 aromatic carbocycles. The monoisotopic (exact) mass is 293 g/mol. The van der Waals surface area contributed by atoms with Crippen LogP contribution in [0, 0.1) is 0 Å². The summed E-state index contributed by atoms with van der Waals surface area (Å²) in [5, 5.41) is 8.55. The van der Waals surface area contributed by atoms with E-state index in [2.05, 4.69) is 9.62 Å². The van der Waals surface area contributed by atoms with E-state index in [-0.39, 0.29) is 19.0 Å². The summed E-state index contributed by atoms with van der Waals surface area (Å²) in [4.78, 5) is 12.7. The average molecular weight is 293 g/mol. The molecule has 1 unspecified atom stereocenters. The van der Waals surface area contributed by atoms with Crippen LogP contribution in [0.4, 0.5) is 0 Å². The molecule has 0 aromatic heterocycles. The van der Waals surface area contributed by atoms with Crippen LogP contribution >= 0.6 is 0 Å². The highest BCUT2D eigenvalue weighted by Gasteiger charge is 2.22. The van der Waals surface area contributed by atoms with Crippen molar-refractivity contribution in [2.24, 2.45) is 0 Å². The normalized spacial score (nSPS) is 18.9. The largest absolute Gasteiger partial charge is 0.481 e. The number of rotatable bonds is 8. The summed E-state index contributed by atoms with van der Waals surface area (Å²) in [7, 11) is -2.22. The number of hydrogen-bond acceptors (Lipinski definition) is 4. The summed E-state index contributed by atoms with van der Waals surface area (Å²) in [6.45, 7) is 4.51. The van der Waals surface area contributed by atoms with Gasteiger partial charge in [-0.15, -0.1) is 0 Å². The Balaban J connectivity index is 2.41. The Morgan fingerprint density at radius 3 is 2.53 bits per heavy atom. The molecule has 112 valence electrons. The molecule has 0 aliphatic carbocycles. The molecular weight excluding hydrogens is 270 g/mol. The van der Waals surface area contributed by atoms with E-state index < -0.39 is 16.2 Å². The average Bonchev–Trinajstić information content (AvgIpc) is 2.77. The molecule has 1 atom stereocenters. The van der Waals surface area contributed by atoms with Crippen molar-refractivity contribution in [2.45, 2.75) is 32.2 Å². The molecule has 1 saturated heterocycles. The number of likely N-dealkylation sites (tertiary alicyclic amines) is 1. The summed E-state index contributed by atoms with van der Waals surface area (Å²) in [6, 6.07) is -0.185. The zero-order valence-electron chi connectivity index (χ0n) is 11.5. The van der Waals surface area contributed by atoms with Gasteiger partial charge in [-0.1, -0.05) is 0 Å². The number of hydrogen-bond donors (Lipinski definition) is 2. The summed E-state index contributed by atoms with van der Waals surface area (Å²) in [5.74, 6) is -1.01. The van der Waals surface area contributed by atoms with Gasteiger partial charge in [0.15, 0.2) is 0 Å². The number of carboxylic acid groups (broad SMARTS) is 1. The van der Waals surface area contributed by atoms with E-state index in [0.717, 1.165) is 30.2 Å². The van der Waals surface area contributed by atoms with Gasteiger partial charge in [-0.05, 0) is 32.9 Å². The van der Waals surface area contributed by atoms with Gasteiger partial charge in [-0.25, -0.2) is 0 Å². The first kappa shape index (κ1) is 16.4. The van der Waals surface area contributed by atoms with Gasteiger partial charge in [0.2, 0.25) is 0 Å². The minimum Gasteiger partial charge on any atom is -0.481 e. The minimum absolute atomic E-state index is 0.0267. The molecule has 19 heavy (non-hydrogen) atoms. The van der Waals surface area contributed by atoms with Crippen molar-refractivity contribution in [2.75, 3.05) is 33.2 Å². The van der Waals surface area contributed by atoms with E-state index in [4.69, 9.17) is 5.11 Å². The summed E-state index contributed by atoms with van der Waals surface area (Å²) in [6.07, 6.45) is 2.13. The Labute approximate surface area is 114 Å². The van der Waals surface area contributed by atoms with Crippen molar-refractivity contribution in [3.8, 4) is 0 Å². The maximum atomic E-state index is 11.9. The van der Waals surface area contributed by atoms with E-state index in [1.54, 1.807) is 0 Å². The van der Waals surface area contributed by atoms with Gasteiger partial charge in [0.05, 0.1) is 6.42 Å². The van der Waals surface area contributed by atoms with Crippen molar-refractivity contribution >= 4 is 16.2 Å². The number of carbonyl (C=O) groups is 1. The molecule has 1 fully saturated rings. The summed E-state index contributed by atoms with van der Waals surface area (Å²) in [5.41, 5.74) is 0. The van der Waals surface area contributed by atoms with Crippen LogP contribution in [-0.4, -0.2) is 68.0 Å². The summed E-state index contributed by atoms with van der Waals surface area (Å²) < 4.78 is 27.5. The number of aliphatic carboxylic acids is 1. The van der Waals surface area contributed by atoms with Crippen LogP contribution in [0.25, 0.3) is 0 Å². The first-order valence-electron chi connectivity index (χ1n) is 6.49. The van der Waals surface area contributed by atoms with E-state index in [1.807, 2.05) is 6.92 Å². The Bertz CT molecular complexity index is 393. The molecular formula is C11H23N3O4S. The second-order valence-corrected chi connectivity index (χ2v) is 6.81. The van der Waals surface area contributed by atoms with Crippen LogP contribution in [0.3, 0.4) is 0 Å². The molecule has 1 aliphatic rings. The molecule has 0 spiro atoms. The van der Waals surface area contributed by atoms with E-state index in [0.29, 0.717) is 6.54 Å². The number of carboxylic acids is 1. The van der Waals surface area contributed by atoms with Gasteiger partial charge in [0.1, 0.15) is 0 Å². The van der Waals surface area contributed by atoms with Crippen molar-refractivity contribution in [1.29, 1.82) is 0 Å². The molecule has 2 N–H and O–H groups in total. The molecule has 1 rings (SSSR count). The Kier molecular flexibility index (Phi) is 6.18. The van der Waals surface area contributed by atoms with Gasteiger partial charge in [-0.2, -0.15) is 17.4 Å². The Hall–Kier alpha value is -0.700. The quantitative estimate of drug-likeness (QED) is 0.642. The number of nitrogens with zero attached hydrogens (tertiary/aromatic N) is 2. The maximum absolute atomic E-state index is 11.9. The van der Waals surface area contributed by atoms with E-state index in [9.17, 15) is 13.2 Å². The van der Waals surface area contributed by atoms with Crippen LogP contribution < -0.4 is 4.72 Å². The maximum Gasteiger partial charge on any atom is 0.304 e. The number of nitrogens with one attached hydrogen (secondary N) is 1. The van der Waals surface area contributed by atoms with Gasteiger partial charge in [0, 0.05) is 26.2 Å². The smallest absolute Gasteiger partial charge is 0.304 e. The third-order valence-electron chi connectivity index (χ3n) is 3.13. The third kappa shape index (κ3) is 5.85. The lowest BCUT2D eigenvalue weighted by molar-refractivity contribution is -0.137. The van der Waals surface area contributed by atoms with Gasteiger partial charge in [0.25, 0.3) is 10.2 Å². The second-order valence-electron chi connectivity index (χ2n) is 5.00. The topological polar surface area (TPSA) is 90.0 Å². The SMILES string of the molecule is CC(CN1CCCC1)NS(=O)(=O)N(C)CCC(=O)O. The molecule has 1 heterocycles. The highest BCUT2D eigenvalue weighted by atomic mass is 32.2. The Morgan fingerprint density at radius 1 is 1.42 bits per heavy atom. The van der Waals surface area contributed by atoms with Crippen LogP contribution in [0.2, 0.25) is 0 Å². The fourth-order valence-electron chi connectivity index (χ4n) is 2.11. The standard InChI is InChI=1S/C11H23N3O4S/c1-10(9-14-6-3-4-7-14)12-19(17,18)13(2)8-5-11(15)16/h10,12H,3-9H2,1-2H3,(H,15,16). The molecule has 0 bridgehead atoms. The van der Waals surface area contributed by atoms with E-state index >= 15 is 0 Å². The predicted molar refractivity (Wildman–Crippen MR) is 72.1 cm³/mol. The highest BCUT2D eigenvalue weighted by molar-refractivity contribution is 7.87. The highest BCUT2D eigenvalue weighted by Crippen LogP contribution is 2.08. The first-order chi connectivity index (χ1) is 8.81. The molecule has 1 aliphatic heterocycles. The molecule has 8 heteroatoms. The third-order valence-corrected chi connectivity index (χ3v) is 4.84. The van der Waals surface area contributed by atoms with Crippen molar-refractivity contribution in [1.82, 2.24) is 13.9 Å². The predicted octanol–water partition coefficient (Wildman–Crippen LogP) is -0.288. The molecule has 7 nitrogen and oxygen atoms in total. The van der Waals surface area contributed by atoms with E-state index in [1.165, 1.54) is 7.05 Å². The first-order valence-corrected chi connectivity index (χ1v) is 7.93. The lowest BCUT2D eigenvalue weighted by Crippen LogP contribution is -2.47. The molecule has 0 saturated carbocycles. The molecule has 0 amide bonds. The minimum atomic E-state index is -3.60. The zero-order chi connectivity index (χ0) is 14.5. The molecule has 0 aromatic rings. The lowest BCUT2D eigenvalue weighted by atomic mass is 10.3. The van der Waals surface area contributed by atoms with Crippen molar-refractivity contribution < 1.29 is 18.3 Å². The molecule has 0 radical (unpaired) electrons. The fraction of sp³-hybridized carbons (Fsp3) is 0.909. The second kappa shape index (κ2) is 7.18. The van der Waals surface area contributed by atoms with Crippen LogP contribution in [-0.2, 0) is 15.0 Å². The zero-order valence-corrected chi connectivity index (χ0v) is 12.3. The summed E-state index contributed by atoms with van der Waals surface area (Å²) >= 11 is 0. The Morgan fingerprint density at radius 2 is 2.00 bits per heavy atom. The van der Waals surface area contributed by atoms with Crippen LogP contribution in [0.5, 0.6) is 0 Å². The van der Waals surface area contributed by atoms with Gasteiger partial charge in [-0.3, -0.25) is 4.79 Å². The fourth-order valence-corrected chi connectivity index (χ4v) is 3.20. The van der Waals surface area contributed by atoms with Crippen molar-refractivity contribution in [3.63, 3.8) is 0 Å². The van der Waals surface area contributed by atoms with Gasteiger partial charge >= 0.3 is 5.97 Å². The van der Waals surface area contributed by atoms with Crippen molar-refractivity contribution in [3.05, 3.63) is 0 Å². The van der Waals surface area contributed by atoms with Gasteiger partial charge < -0.3 is 10.0 Å². The van der Waals surface area contributed by atoms with Crippen LogP contribution in [0.1, 0.15) is 26.2 Å².